The van der Waals surface area contributed by atoms with Gasteiger partial charge in [0.2, 0.25) is 0 Å². The summed E-state index contributed by atoms with van der Waals surface area (Å²) in [6, 6.07) is 7.27. The fourth-order valence-corrected chi connectivity index (χ4v) is 2.22. The van der Waals surface area contributed by atoms with Crippen LogP contribution in [0.3, 0.4) is 0 Å². The molecule has 0 aliphatic rings. The summed E-state index contributed by atoms with van der Waals surface area (Å²) in [4.78, 5) is 16.7. The fraction of sp³-hybridized carbons (Fsp3) is 0.154. The molecule has 1 N–H and O–H groups in total. The zero-order chi connectivity index (χ0) is 12.8. The van der Waals surface area contributed by atoms with Crippen molar-refractivity contribution in [2.75, 3.05) is 0 Å². The maximum Gasteiger partial charge on any atom is 0.271 e. The van der Waals surface area contributed by atoms with Crippen molar-refractivity contribution in [3.05, 3.63) is 52.5 Å². The molecule has 2 aromatic rings. The highest BCUT2D eigenvalue weighted by Gasteiger charge is 2.05. The lowest BCUT2D eigenvalue weighted by atomic mass is 10.2. The van der Waals surface area contributed by atoms with Gasteiger partial charge < -0.3 is 0 Å². The lowest BCUT2D eigenvalue weighted by Crippen LogP contribution is -2.19. The van der Waals surface area contributed by atoms with Gasteiger partial charge in [-0.3, -0.25) is 9.78 Å². The molecule has 0 bridgehead atoms. The van der Waals surface area contributed by atoms with E-state index in [1.54, 1.807) is 35.9 Å². The third kappa shape index (κ3) is 3.01. The molecule has 2 aromatic heterocycles. The number of carbonyl (C=O) groups excluding carboxylic acids is 1. The number of carbonyl (C=O) groups is 1. The molecule has 5 heteroatoms. The van der Waals surface area contributed by atoms with Gasteiger partial charge in [0.05, 0.1) is 10.6 Å². The first kappa shape index (κ1) is 12.4. The SMILES string of the molecule is CC/C(=N/NC(=O)c1ccncc1)c1cccs1. The van der Waals surface area contributed by atoms with E-state index in [1.165, 1.54) is 0 Å². The van der Waals surface area contributed by atoms with Crippen molar-refractivity contribution < 1.29 is 4.79 Å². The van der Waals surface area contributed by atoms with Crippen molar-refractivity contribution >= 4 is 23.0 Å². The molecule has 0 aromatic carbocycles. The Bertz CT molecular complexity index is 535. The second kappa shape index (κ2) is 6.07. The Labute approximate surface area is 109 Å². The number of thiophene rings is 1. The molecule has 0 saturated carbocycles. The molecule has 1 amide bonds. The van der Waals surface area contributed by atoms with Gasteiger partial charge in [-0.15, -0.1) is 11.3 Å². The molecule has 18 heavy (non-hydrogen) atoms. The number of aromatic nitrogens is 1. The fourth-order valence-electron chi connectivity index (χ4n) is 1.44. The Kier molecular flexibility index (Phi) is 4.20. The second-order valence-electron chi connectivity index (χ2n) is 3.57. The molecule has 0 atom stereocenters. The van der Waals surface area contributed by atoms with Gasteiger partial charge in [0, 0.05) is 18.0 Å². The largest absolute Gasteiger partial charge is 0.271 e. The van der Waals surface area contributed by atoms with Gasteiger partial charge in [0.15, 0.2) is 0 Å². The van der Waals surface area contributed by atoms with Crippen LogP contribution < -0.4 is 5.43 Å². The predicted octanol–water partition coefficient (Wildman–Crippen LogP) is 2.69. The molecule has 0 saturated heterocycles. The summed E-state index contributed by atoms with van der Waals surface area (Å²) >= 11 is 1.61. The number of hydrogen-bond acceptors (Lipinski definition) is 4. The molecular weight excluding hydrogens is 246 g/mol. The lowest BCUT2D eigenvalue weighted by molar-refractivity contribution is 0.0954. The van der Waals surface area contributed by atoms with E-state index < -0.39 is 0 Å². The number of amides is 1. The van der Waals surface area contributed by atoms with E-state index >= 15 is 0 Å². The smallest absolute Gasteiger partial charge is 0.267 e. The highest BCUT2D eigenvalue weighted by Crippen LogP contribution is 2.11. The Morgan fingerprint density at radius 1 is 1.39 bits per heavy atom. The van der Waals surface area contributed by atoms with Crippen LogP contribution in [-0.2, 0) is 0 Å². The van der Waals surface area contributed by atoms with Gasteiger partial charge >= 0.3 is 0 Å². The number of rotatable bonds is 4. The third-order valence-corrected chi connectivity index (χ3v) is 3.29. The van der Waals surface area contributed by atoms with E-state index in [-0.39, 0.29) is 5.91 Å². The highest BCUT2D eigenvalue weighted by atomic mass is 32.1. The van der Waals surface area contributed by atoms with E-state index in [2.05, 4.69) is 15.5 Å². The molecule has 0 fully saturated rings. The Morgan fingerprint density at radius 2 is 2.17 bits per heavy atom. The highest BCUT2D eigenvalue weighted by molar-refractivity contribution is 7.12. The van der Waals surface area contributed by atoms with Crippen molar-refractivity contribution in [1.82, 2.24) is 10.4 Å². The molecule has 0 unspecified atom stereocenters. The first-order chi connectivity index (χ1) is 8.81. The molecule has 2 heterocycles. The number of nitrogens with zero attached hydrogens (tertiary/aromatic N) is 2. The summed E-state index contributed by atoms with van der Waals surface area (Å²) in [5.74, 6) is -0.222. The van der Waals surface area contributed by atoms with Crippen molar-refractivity contribution in [3.63, 3.8) is 0 Å². The number of pyridine rings is 1. The van der Waals surface area contributed by atoms with Crippen LogP contribution in [0.1, 0.15) is 28.6 Å². The number of nitrogens with one attached hydrogen (secondary N) is 1. The van der Waals surface area contributed by atoms with Crippen LogP contribution in [0.2, 0.25) is 0 Å². The molecule has 2 rings (SSSR count). The Morgan fingerprint density at radius 3 is 2.78 bits per heavy atom. The minimum Gasteiger partial charge on any atom is -0.267 e. The first-order valence-electron chi connectivity index (χ1n) is 5.62. The summed E-state index contributed by atoms with van der Waals surface area (Å²) in [7, 11) is 0. The Balaban J connectivity index is 2.08. The van der Waals surface area contributed by atoms with Gasteiger partial charge in [-0.25, -0.2) is 5.43 Å². The zero-order valence-electron chi connectivity index (χ0n) is 9.96. The maximum absolute atomic E-state index is 11.8. The van der Waals surface area contributed by atoms with Gasteiger partial charge in [-0.1, -0.05) is 13.0 Å². The van der Waals surface area contributed by atoms with Crippen LogP contribution in [0, 0.1) is 0 Å². The van der Waals surface area contributed by atoms with Crippen LogP contribution in [0.15, 0.2) is 47.1 Å². The van der Waals surface area contributed by atoms with Crippen LogP contribution in [0.5, 0.6) is 0 Å². The van der Waals surface area contributed by atoms with Crippen molar-refractivity contribution in [2.45, 2.75) is 13.3 Å². The van der Waals surface area contributed by atoms with E-state index in [4.69, 9.17) is 0 Å². The van der Waals surface area contributed by atoms with E-state index in [1.807, 2.05) is 24.4 Å². The second-order valence-corrected chi connectivity index (χ2v) is 4.51. The first-order valence-corrected chi connectivity index (χ1v) is 6.50. The Hall–Kier alpha value is -2.01. The van der Waals surface area contributed by atoms with E-state index in [0.29, 0.717) is 5.56 Å². The zero-order valence-corrected chi connectivity index (χ0v) is 10.8. The summed E-state index contributed by atoms with van der Waals surface area (Å²) in [5, 5.41) is 6.16. The van der Waals surface area contributed by atoms with Gasteiger partial charge in [-0.05, 0) is 30.0 Å². The minimum absolute atomic E-state index is 0.222. The molecule has 4 nitrogen and oxygen atoms in total. The van der Waals surface area contributed by atoms with Crippen LogP contribution in [0.25, 0.3) is 0 Å². The monoisotopic (exact) mass is 259 g/mol. The molecule has 0 aliphatic heterocycles. The third-order valence-electron chi connectivity index (χ3n) is 2.38. The predicted molar refractivity (Wildman–Crippen MR) is 72.9 cm³/mol. The van der Waals surface area contributed by atoms with Gasteiger partial charge in [-0.2, -0.15) is 5.10 Å². The maximum atomic E-state index is 11.8. The lowest BCUT2D eigenvalue weighted by Gasteiger charge is -2.02. The van der Waals surface area contributed by atoms with Crippen molar-refractivity contribution in [2.24, 2.45) is 5.10 Å². The average Bonchev–Trinajstić information content (AvgIpc) is 2.94. The molecule has 0 aliphatic carbocycles. The number of hydrazone groups is 1. The summed E-state index contributed by atoms with van der Waals surface area (Å²) < 4.78 is 0. The van der Waals surface area contributed by atoms with Crippen molar-refractivity contribution in [3.8, 4) is 0 Å². The average molecular weight is 259 g/mol. The molecule has 92 valence electrons. The van der Waals surface area contributed by atoms with Crippen LogP contribution in [0.4, 0.5) is 0 Å². The number of hydrogen-bond donors (Lipinski definition) is 1. The molecule has 0 radical (unpaired) electrons. The van der Waals surface area contributed by atoms with E-state index in [9.17, 15) is 4.79 Å². The summed E-state index contributed by atoms with van der Waals surface area (Å²) in [6.07, 6.45) is 3.94. The normalized spacial score (nSPS) is 11.3. The van der Waals surface area contributed by atoms with Crippen molar-refractivity contribution in [1.29, 1.82) is 0 Å². The molecule has 0 spiro atoms. The van der Waals surface area contributed by atoms with Crippen LogP contribution >= 0.6 is 11.3 Å². The quantitative estimate of drug-likeness (QED) is 0.678. The summed E-state index contributed by atoms with van der Waals surface area (Å²) in [5.41, 5.74) is 4.00. The molecular formula is C13H13N3OS. The standard InChI is InChI=1S/C13H13N3OS/c1-2-11(12-4-3-9-18-12)15-16-13(17)10-5-7-14-8-6-10/h3-9H,2H2,1H3,(H,16,17)/b15-11-. The van der Waals surface area contributed by atoms with Gasteiger partial charge in [0.1, 0.15) is 0 Å². The summed E-state index contributed by atoms with van der Waals surface area (Å²) in [6.45, 7) is 2.01. The topological polar surface area (TPSA) is 54.4 Å². The van der Waals surface area contributed by atoms with E-state index in [0.717, 1.165) is 17.0 Å². The minimum atomic E-state index is -0.222. The van der Waals surface area contributed by atoms with Gasteiger partial charge in [0.25, 0.3) is 5.91 Å². The van der Waals surface area contributed by atoms with Crippen LogP contribution in [-0.4, -0.2) is 16.6 Å².